The first kappa shape index (κ1) is 16.3. The van der Waals surface area contributed by atoms with Gasteiger partial charge in [0.1, 0.15) is 11.5 Å². The number of rotatable bonds is 6. The van der Waals surface area contributed by atoms with E-state index in [2.05, 4.69) is 5.32 Å². The Bertz CT molecular complexity index is 472. The maximum atomic E-state index is 12.1. The average molecular weight is 280 g/mol. The Hall–Kier alpha value is -1.75. The van der Waals surface area contributed by atoms with E-state index in [4.69, 9.17) is 15.2 Å². The second kappa shape index (κ2) is 6.61. The molecule has 3 N–H and O–H groups in total. The maximum Gasteiger partial charge on any atom is 0.227 e. The van der Waals surface area contributed by atoms with Crippen LogP contribution in [0, 0.1) is 5.41 Å². The largest absolute Gasteiger partial charge is 0.497 e. The summed E-state index contributed by atoms with van der Waals surface area (Å²) >= 11 is 0. The number of nitrogens with one attached hydrogen (secondary N) is 1. The number of benzene rings is 1. The molecule has 112 valence electrons. The van der Waals surface area contributed by atoms with Gasteiger partial charge in [0.15, 0.2) is 0 Å². The van der Waals surface area contributed by atoms with E-state index in [1.807, 2.05) is 32.9 Å². The monoisotopic (exact) mass is 280 g/mol. The summed E-state index contributed by atoms with van der Waals surface area (Å²) in [7, 11) is 3.19. The minimum atomic E-state index is -0.589. The van der Waals surface area contributed by atoms with Crippen molar-refractivity contribution in [3.05, 3.63) is 23.8 Å². The highest BCUT2D eigenvalue weighted by molar-refractivity contribution is 5.82. The standard InChI is InChI=1S/C15H24N2O3/c1-10(17-14(18)15(2,3)9-16)12-7-6-11(19-4)8-13(12)20-5/h6-8,10H,9,16H2,1-5H3,(H,17,18). The molecule has 5 nitrogen and oxygen atoms in total. The molecule has 1 rings (SSSR count). The van der Waals surface area contributed by atoms with Gasteiger partial charge in [0.05, 0.1) is 25.7 Å². The van der Waals surface area contributed by atoms with Gasteiger partial charge in [-0.15, -0.1) is 0 Å². The molecule has 20 heavy (non-hydrogen) atoms. The van der Waals surface area contributed by atoms with Crippen molar-refractivity contribution in [3.63, 3.8) is 0 Å². The van der Waals surface area contributed by atoms with Crippen molar-refractivity contribution in [2.75, 3.05) is 20.8 Å². The zero-order valence-electron chi connectivity index (χ0n) is 12.8. The van der Waals surface area contributed by atoms with Crippen molar-refractivity contribution in [2.45, 2.75) is 26.8 Å². The normalized spacial score (nSPS) is 12.7. The summed E-state index contributed by atoms with van der Waals surface area (Å²) in [5, 5.41) is 2.96. The fourth-order valence-electron chi connectivity index (χ4n) is 1.74. The second-order valence-corrected chi connectivity index (χ2v) is 5.39. The van der Waals surface area contributed by atoms with Crippen molar-refractivity contribution in [1.29, 1.82) is 0 Å². The quantitative estimate of drug-likeness (QED) is 0.834. The first-order valence-electron chi connectivity index (χ1n) is 6.58. The lowest BCUT2D eigenvalue weighted by molar-refractivity contribution is -0.129. The molecule has 0 aliphatic heterocycles. The van der Waals surface area contributed by atoms with Gasteiger partial charge in [0, 0.05) is 18.2 Å². The van der Waals surface area contributed by atoms with E-state index in [1.165, 1.54) is 0 Å². The van der Waals surface area contributed by atoms with E-state index >= 15 is 0 Å². The fourth-order valence-corrected chi connectivity index (χ4v) is 1.74. The molecule has 0 heterocycles. The average Bonchev–Trinajstić information content (AvgIpc) is 2.46. The first-order valence-corrected chi connectivity index (χ1v) is 6.58. The van der Waals surface area contributed by atoms with Crippen LogP contribution in [-0.2, 0) is 4.79 Å². The molecule has 0 aliphatic carbocycles. The summed E-state index contributed by atoms with van der Waals surface area (Å²) in [5.74, 6) is 1.32. The maximum absolute atomic E-state index is 12.1. The Morgan fingerprint density at radius 2 is 2.00 bits per heavy atom. The zero-order valence-corrected chi connectivity index (χ0v) is 12.8. The highest BCUT2D eigenvalue weighted by atomic mass is 16.5. The van der Waals surface area contributed by atoms with Gasteiger partial charge in [-0.2, -0.15) is 0 Å². The van der Waals surface area contributed by atoms with Crippen LogP contribution in [0.3, 0.4) is 0 Å². The SMILES string of the molecule is COc1ccc(C(C)NC(=O)C(C)(C)CN)c(OC)c1. The Balaban J connectivity index is 2.92. The summed E-state index contributed by atoms with van der Waals surface area (Å²) in [4.78, 5) is 12.1. The molecule has 1 amide bonds. The molecule has 0 spiro atoms. The predicted molar refractivity (Wildman–Crippen MR) is 78.9 cm³/mol. The second-order valence-electron chi connectivity index (χ2n) is 5.39. The third-order valence-corrected chi connectivity index (χ3v) is 3.38. The molecule has 0 bridgehead atoms. The number of ether oxygens (including phenoxy) is 2. The number of amides is 1. The molecule has 0 radical (unpaired) electrons. The van der Waals surface area contributed by atoms with E-state index in [1.54, 1.807) is 20.3 Å². The topological polar surface area (TPSA) is 73.6 Å². The minimum absolute atomic E-state index is 0.0784. The molecular weight excluding hydrogens is 256 g/mol. The van der Waals surface area contributed by atoms with Gasteiger partial charge in [-0.3, -0.25) is 4.79 Å². The Morgan fingerprint density at radius 1 is 1.35 bits per heavy atom. The van der Waals surface area contributed by atoms with E-state index < -0.39 is 5.41 Å². The smallest absolute Gasteiger partial charge is 0.227 e. The van der Waals surface area contributed by atoms with Crippen molar-refractivity contribution < 1.29 is 14.3 Å². The predicted octanol–water partition coefficient (Wildman–Crippen LogP) is 1.87. The Morgan fingerprint density at radius 3 is 2.50 bits per heavy atom. The van der Waals surface area contributed by atoms with Gasteiger partial charge in [-0.1, -0.05) is 0 Å². The van der Waals surface area contributed by atoms with Crippen LogP contribution in [0.5, 0.6) is 11.5 Å². The number of methoxy groups -OCH3 is 2. The Labute approximate surface area is 120 Å². The molecule has 0 fully saturated rings. The minimum Gasteiger partial charge on any atom is -0.497 e. The van der Waals surface area contributed by atoms with Crippen LogP contribution in [0.2, 0.25) is 0 Å². The number of carbonyl (C=O) groups is 1. The molecule has 1 aromatic carbocycles. The van der Waals surface area contributed by atoms with Crippen LogP contribution in [-0.4, -0.2) is 26.7 Å². The van der Waals surface area contributed by atoms with Crippen molar-refractivity contribution in [1.82, 2.24) is 5.32 Å². The van der Waals surface area contributed by atoms with Gasteiger partial charge < -0.3 is 20.5 Å². The molecule has 0 saturated heterocycles. The number of hydrogen-bond acceptors (Lipinski definition) is 4. The molecule has 1 unspecified atom stereocenters. The number of hydrogen-bond donors (Lipinski definition) is 2. The summed E-state index contributed by atoms with van der Waals surface area (Å²) in [5.41, 5.74) is 5.92. The van der Waals surface area contributed by atoms with Gasteiger partial charge in [-0.05, 0) is 32.9 Å². The fraction of sp³-hybridized carbons (Fsp3) is 0.533. The van der Waals surface area contributed by atoms with Crippen LogP contribution in [0.4, 0.5) is 0 Å². The summed E-state index contributed by atoms with van der Waals surface area (Å²) in [6.45, 7) is 5.85. The zero-order chi connectivity index (χ0) is 15.3. The van der Waals surface area contributed by atoms with Gasteiger partial charge >= 0.3 is 0 Å². The lowest BCUT2D eigenvalue weighted by Gasteiger charge is -2.25. The number of carbonyl (C=O) groups excluding carboxylic acids is 1. The van der Waals surface area contributed by atoms with Crippen molar-refractivity contribution in [3.8, 4) is 11.5 Å². The third kappa shape index (κ3) is 3.63. The molecule has 0 saturated carbocycles. The molecule has 0 aliphatic rings. The molecule has 5 heteroatoms. The van der Waals surface area contributed by atoms with Crippen LogP contribution in [0.15, 0.2) is 18.2 Å². The van der Waals surface area contributed by atoms with Crippen LogP contribution < -0.4 is 20.5 Å². The van der Waals surface area contributed by atoms with E-state index in [-0.39, 0.29) is 11.9 Å². The van der Waals surface area contributed by atoms with E-state index in [0.717, 1.165) is 5.56 Å². The number of nitrogens with two attached hydrogens (primary N) is 1. The van der Waals surface area contributed by atoms with Gasteiger partial charge in [-0.25, -0.2) is 0 Å². The van der Waals surface area contributed by atoms with Gasteiger partial charge in [0.2, 0.25) is 5.91 Å². The van der Waals surface area contributed by atoms with Crippen molar-refractivity contribution >= 4 is 5.91 Å². The highest BCUT2D eigenvalue weighted by Crippen LogP contribution is 2.29. The first-order chi connectivity index (χ1) is 9.35. The van der Waals surface area contributed by atoms with Crippen molar-refractivity contribution in [2.24, 2.45) is 11.1 Å². The highest BCUT2D eigenvalue weighted by Gasteiger charge is 2.27. The summed E-state index contributed by atoms with van der Waals surface area (Å²) < 4.78 is 10.5. The summed E-state index contributed by atoms with van der Waals surface area (Å²) in [6.07, 6.45) is 0. The molecular formula is C15H24N2O3. The Kier molecular flexibility index (Phi) is 5.39. The van der Waals surface area contributed by atoms with E-state index in [9.17, 15) is 4.79 Å². The van der Waals surface area contributed by atoms with Crippen LogP contribution in [0.1, 0.15) is 32.4 Å². The lowest BCUT2D eigenvalue weighted by Crippen LogP contribution is -2.42. The molecule has 1 atom stereocenters. The molecule has 0 aromatic heterocycles. The van der Waals surface area contributed by atoms with Crippen LogP contribution in [0.25, 0.3) is 0 Å². The third-order valence-electron chi connectivity index (χ3n) is 3.38. The molecule has 1 aromatic rings. The lowest BCUT2D eigenvalue weighted by atomic mass is 9.92. The van der Waals surface area contributed by atoms with E-state index in [0.29, 0.717) is 18.0 Å². The van der Waals surface area contributed by atoms with Gasteiger partial charge in [0.25, 0.3) is 0 Å². The van der Waals surface area contributed by atoms with Crippen LogP contribution >= 0.6 is 0 Å². The summed E-state index contributed by atoms with van der Waals surface area (Å²) in [6, 6.07) is 5.35.